The average molecular weight is 408 g/mol. The number of aliphatic carboxylic acids is 1. The van der Waals surface area contributed by atoms with E-state index in [4.69, 9.17) is 35.4 Å². The van der Waals surface area contributed by atoms with Gasteiger partial charge in [-0.15, -0.1) is 0 Å². The van der Waals surface area contributed by atoms with Crippen LogP contribution in [-0.2, 0) is 19.1 Å². The minimum atomic E-state index is -1.79. The molecule has 0 saturated heterocycles. The van der Waals surface area contributed by atoms with Crippen molar-refractivity contribution < 1.29 is 49.8 Å². The van der Waals surface area contributed by atoms with Crippen molar-refractivity contribution in [3.63, 3.8) is 0 Å². The average Bonchev–Trinajstić information content (AvgIpc) is 2.69. The molecule has 0 aliphatic rings. The predicted octanol–water partition coefficient (Wildman–Crippen LogP) is -0.500. The maximum absolute atomic E-state index is 10.9. The minimum absolute atomic E-state index is 0.0258. The third-order valence-corrected chi connectivity index (χ3v) is 3.48. The van der Waals surface area contributed by atoms with Crippen LogP contribution >= 0.6 is 0 Å². The first-order chi connectivity index (χ1) is 13.2. The third-order valence-electron chi connectivity index (χ3n) is 3.48. The molecule has 0 aromatic carbocycles. The van der Waals surface area contributed by atoms with Gasteiger partial charge in [-0.1, -0.05) is 26.2 Å². The summed E-state index contributed by atoms with van der Waals surface area (Å²) in [5.74, 6) is -1.48. The second-order valence-electron chi connectivity index (χ2n) is 5.96. The maximum atomic E-state index is 10.9. The zero-order valence-corrected chi connectivity index (χ0v) is 16.0. The minimum Gasteiger partial charge on any atom is -0.481 e. The molecule has 0 heterocycles. The number of carbonyl (C=O) groups excluding carboxylic acids is 2. The van der Waals surface area contributed by atoms with Gasteiger partial charge in [-0.3, -0.25) is 9.59 Å². The van der Waals surface area contributed by atoms with Crippen LogP contribution in [0.15, 0.2) is 12.3 Å². The zero-order valence-electron chi connectivity index (χ0n) is 16.0. The molecule has 0 aromatic rings. The van der Waals surface area contributed by atoms with E-state index in [9.17, 15) is 14.4 Å². The van der Waals surface area contributed by atoms with E-state index in [1.54, 1.807) is 6.08 Å². The third kappa shape index (κ3) is 16.3. The van der Waals surface area contributed by atoms with Crippen molar-refractivity contribution in [2.24, 2.45) is 0 Å². The Bertz CT molecular complexity index is 452. The van der Waals surface area contributed by atoms with Crippen LogP contribution in [0.1, 0.15) is 51.9 Å². The van der Waals surface area contributed by atoms with Crippen molar-refractivity contribution in [1.82, 2.24) is 0 Å². The lowest BCUT2D eigenvalue weighted by molar-refractivity contribution is -0.144. The summed E-state index contributed by atoms with van der Waals surface area (Å²) in [6.07, 6.45) is 1.67. The lowest BCUT2D eigenvalue weighted by atomic mass is 10.0. The summed E-state index contributed by atoms with van der Waals surface area (Å²) in [6.45, 7) is 1.39. The van der Waals surface area contributed by atoms with Gasteiger partial charge in [0.05, 0.1) is 25.7 Å². The molecule has 4 unspecified atom stereocenters. The fourth-order valence-corrected chi connectivity index (χ4v) is 1.77. The number of esters is 1. The van der Waals surface area contributed by atoms with Gasteiger partial charge in [0.25, 0.3) is 0 Å². The van der Waals surface area contributed by atoms with Gasteiger partial charge in [0, 0.05) is 0 Å². The molecule has 0 radical (unpaired) electrons. The normalized spacial score (nSPS) is 15.1. The van der Waals surface area contributed by atoms with E-state index in [0.717, 1.165) is 12.8 Å². The number of unbranched alkanes of at least 4 members (excludes halogenated alkanes) is 4. The molecule has 10 heteroatoms. The Hall–Kier alpha value is -1.85. The molecule has 0 fully saturated rings. The summed E-state index contributed by atoms with van der Waals surface area (Å²) in [5, 5.41) is 51.9. The van der Waals surface area contributed by atoms with E-state index in [1.165, 1.54) is 25.5 Å². The van der Waals surface area contributed by atoms with Crippen molar-refractivity contribution in [3.05, 3.63) is 12.3 Å². The van der Waals surface area contributed by atoms with Crippen molar-refractivity contribution in [1.29, 1.82) is 0 Å². The van der Waals surface area contributed by atoms with Gasteiger partial charge in [0.2, 0.25) is 0 Å². The highest BCUT2D eigenvalue weighted by Gasteiger charge is 2.29. The summed E-state index contributed by atoms with van der Waals surface area (Å²) in [5.41, 5.74) is 0. The van der Waals surface area contributed by atoms with Gasteiger partial charge in [-0.05, 0) is 18.9 Å². The van der Waals surface area contributed by atoms with Gasteiger partial charge < -0.3 is 40.2 Å². The van der Waals surface area contributed by atoms with E-state index in [2.05, 4.69) is 6.92 Å². The van der Waals surface area contributed by atoms with Crippen LogP contribution in [-0.4, -0.2) is 79.9 Å². The SMILES string of the molecule is CCCCCCC=COC(=O)CCC(=O)O.O=CC(O)C(O)C(O)C(O)CO. The number of allylic oxidation sites excluding steroid dienone is 1. The van der Waals surface area contributed by atoms with E-state index in [-0.39, 0.29) is 19.1 Å². The van der Waals surface area contributed by atoms with E-state index >= 15 is 0 Å². The van der Waals surface area contributed by atoms with E-state index < -0.39 is 43.0 Å². The summed E-state index contributed by atoms with van der Waals surface area (Å²) < 4.78 is 4.72. The van der Waals surface area contributed by atoms with Gasteiger partial charge in [0.15, 0.2) is 6.29 Å². The lowest BCUT2D eigenvalue weighted by Gasteiger charge is -2.22. The fourth-order valence-electron chi connectivity index (χ4n) is 1.77. The molecule has 164 valence electrons. The number of aliphatic hydroxyl groups excluding tert-OH is 5. The highest BCUT2D eigenvalue weighted by molar-refractivity contribution is 5.76. The molecule has 0 saturated carbocycles. The van der Waals surface area contributed by atoms with Crippen molar-refractivity contribution in [2.45, 2.75) is 76.3 Å². The first-order valence-corrected chi connectivity index (χ1v) is 9.05. The first kappa shape index (κ1) is 28.4. The van der Waals surface area contributed by atoms with Crippen molar-refractivity contribution >= 4 is 18.2 Å². The molecular formula is C18H32O10. The Morgan fingerprint density at radius 3 is 2.14 bits per heavy atom. The zero-order chi connectivity index (χ0) is 21.9. The summed E-state index contributed by atoms with van der Waals surface area (Å²) in [4.78, 5) is 31.0. The number of aliphatic hydroxyl groups is 5. The quantitative estimate of drug-likeness (QED) is 0.0948. The van der Waals surface area contributed by atoms with Crippen LogP contribution < -0.4 is 0 Å². The Morgan fingerprint density at radius 1 is 1.00 bits per heavy atom. The topological polar surface area (TPSA) is 182 Å². The number of hydrogen-bond donors (Lipinski definition) is 6. The fraction of sp³-hybridized carbons (Fsp3) is 0.722. The number of ether oxygens (including phenoxy) is 1. The molecule has 0 amide bonds. The molecule has 0 aromatic heterocycles. The van der Waals surface area contributed by atoms with Gasteiger partial charge in [-0.2, -0.15) is 0 Å². The van der Waals surface area contributed by atoms with Crippen molar-refractivity contribution in [2.75, 3.05) is 6.61 Å². The monoisotopic (exact) mass is 408 g/mol. The second-order valence-corrected chi connectivity index (χ2v) is 5.96. The highest BCUT2D eigenvalue weighted by atomic mass is 16.5. The molecule has 0 spiro atoms. The Kier molecular flexibility index (Phi) is 18.7. The van der Waals surface area contributed by atoms with Crippen molar-refractivity contribution in [3.8, 4) is 0 Å². The van der Waals surface area contributed by atoms with Gasteiger partial charge in [-0.25, -0.2) is 0 Å². The van der Waals surface area contributed by atoms with Gasteiger partial charge in [0.1, 0.15) is 24.4 Å². The summed E-state index contributed by atoms with van der Waals surface area (Å²) in [6, 6.07) is 0. The molecular weight excluding hydrogens is 376 g/mol. The largest absolute Gasteiger partial charge is 0.481 e. The van der Waals surface area contributed by atoms with Crippen LogP contribution in [0.3, 0.4) is 0 Å². The maximum Gasteiger partial charge on any atom is 0.311 e. The molecule has 6 N–H and O–H groups in total. The number of aldehydes is 1. The number of hydrogen-bond acceptors (Lipinski definition) is 9. The van der Waals surface area contributed by atoms with E-state index in [0.29, 0.717) is 0 Å². The highest BCUT2D eigenvalue weighted by Crippen LogP contribution is 2.04. The molecule has 4 atom stereocenters. The lowest BCUT2D eigenvalue weighted by Crippen LogP contribution is -2.46. The molecule has 10 nitrogen and oxygen atoms in total. The van der Waals surface area contributed by atoms with Gasteiger partial charge >= 0.3 is 11.9 Å². The summed E-state index contributed by atoms with van der Waals surface area (Å²) >= 11 is 0. The molecule has 0 bridgehead atoms. The Labute approximate surface area is 164 Å². The smallest absolute Gasteiger partial charge is 0.311 e. The van der Waals surface area contributed by atoms with Crippen LogP contribution in [0.4, 0.5) is 0 Å². The number of rotatable bonds is 14. The number of carbonyl (C=O) groups is 3. The predicted molar refractivity (Wildman–Crippen MR) is 98.0 cm³/mol. The molecule has 0 rings (SSSR count). The standard InChI is InChI=1S/C12H20O4.C6H12O6/c1-2-3-4-5-6-7-10-16-12(15)9-8-11(13)14;7-1-3(9)5(11)6(12)4(10)2-8/h7,10H,2-6,8-9H2,1H3,(H,13,14);1,3-6,8-12H,2H2. The molecule has 0 aliphatic heterocycles. The number of carboxylic acids is 1. The first-order valence-electron chi connectivity index (χ1n) is 9.05. The Morgan fingerprint density at radius 2 is 1.64 bits per heavy atom. The Balaban J connectivity index is 0. The second kappa shape index (κ2) is 18.5. The van der Waals surface area contributed by atoms with Crippen LogP contribution in [0.2, 0.25) is 0 Å². The number of carboxylic acid groups (broad SMARTS) is 1. The molecule has 28 heavy (non-hydrogen) atoms. The van der Waals surface area contributed by atoms with Crippen LogP contribution in [0.25, 0.3) is 0 Å². The summed E-state index contributed by atoms with van der Waals surface area (Å²) in [7, 11) is 0. The molecule has 0 aliphatic carbocycles. The van der Waals surface area contributed by atoms with E-state index in [1.807, 2.05) is 0 Å². The van der Waals surface area contributed by atoms with Crippen LogP contribution in [0, 0.1) is 0 Å². The van der Waals surface area contributed by atoms with Crippen LogP contribution in [0.5, 0.6) is 0 Å².